The highest BCUT2D eigenvalue weighted by atomic mass is 32.2. The Hall–Kier alpha value is -2.63. The summed E-state index contributed by atoms with van der Waals surface area (Å²) in [7, 11) is -1.20. The third-order valence-corrected chi connectivity index (χ3v) is 5.50. The van der Waals surface area contributed by atoms with E-state index in [2.05, 4.69) is 18.8 Å². The second kappa shape index (κ2) is 7.96. The molecule has 0 saturated heterocycles. The lowest BCUT2D eigenvalue weighted by Crippen LogP contribution is -2.01. The van der Waals surface area contributed by atoms with E-state index >= 15 is 0 Å². The average Bonchev–Trinajstić information content (AvgIpc) is 2.67. The predicted octanol–water partition coefficient (Wildman–Crippen LogP) is 5.32. The van der Waals surface area contributed by atoms with Crippen molar-refractivity contribution >= 4 is 10.8 Å². The summed E-state index contributed by atoms with van der Waals surface area (Å²) in [5, 5.41) is 0. The van der Waals surface area contributed by atoms with Crippen molar-refractivity contribution < 1.29 is 4.21 Å². The van der Waals surface area contributed by atoms with Gasteiger partial charge in [0.15, 0.2) is 0 Å². The molecule has 0 heterocycles. The van der Waals surface area contributed by atoms with E-state index in [1.54, 1.807) is 0 Å². The molecule has 3 rings (SSSR count). The van der Waals surface area contributed by atoms with E-state index in [0.717, 1.165) is 26.5 Å². The number of rotatable bonds is 3. The number of aryl methyl sites for hydroxylation is 1. The Morgan fingerprint density at radius 1 is 0.840 bits per heavy atom. The molecule has 0 fully saturated rings. The Bertz CT molecular complexity index is 931. The van der Waals surface area contributed by atoms with Gasteiger partial charge in [0.1, 0.15) is 0 Å². The maximum Gasteiger partial charge on any atom is 0.0852 e. The van der Waals surface area contributed by atoms with Crippen molar-refractivity contribution in [1.82, 2.24) is 0 Å². The van der Waals surface area contributed by atoms with E-state index in [9.17, 15) is 4.21 Å². The molecule has 0 N–H and O–H groups in total. The average molecular weight is 344 g/mol. The van der Waals surface area contributed by atoms with Crippen LogP contribution in [-0.4, -0.2) is 4.21 Å². The quantitative estimate of drug-likeness (QED) is 0.588. The molecule has 0 aliphatic heterocycles. The van der Waals surface area contributed by atoms with Crippen LogP contribution in [-0.2, 0) is 10.8 Å². The first-order valence-corrected chi connectivity index (χ1v) is 9.44. The summed E-state index contributed by atoms with van der Waals surface area (Å²) in [5.41, 5.74) is 3.17. The molecule has 0 aromatic heterocycles. The maximum atomic E-state index is 13.0. The first kappa shape index (κ1) is 17.2. The fourth-order valence-corrected chi connectivity index (χ4v) is 3.89. The maximum absolute atomic E-state index is 13.0. The van der Waals surface area contributed by atoms with Crippen molar-refractivity contribution in [3.8, 4) is 11.8 Å². The van der Waals surface area contributed by atoms with Gasteiger partial charge in [-0.3, -0.25) is 0 Å². The Balaban J connectivity index is 1.92. The Kier molecular flexibility index (Phi) is 5.48. The molecule has 0 saturated carbocycles. The largest absolute Gasteiger partial charge is 0.249 e. The lowest BCUT2D eigenvalue weighted by molar-refractivity contribution is 0.681. The summed E-state index contributed by atoms with van der Waals surface area (Å²) in [6.07, 6.45) is 0. The molecule has 1 unspecified atom stereocenters. The minimum atomic E-state index is -1.20. The number of benzene rings is 3. The van der Waals surface area contributed by atoms with Crippen molar-refractivity contribution in [3.63, 3.8) is 0 Å². The molecule has 124 valence electrons. The molecule has 0 bridgehead atoms. The molecular weight excluding hydrogens is 324 g/mol. The van der Waals surface area contributed by atoms with Crippen molar-refractivity contribution in [3.05, 3.63) is 95.6 Å². The fourth-order valence-electron chi connectivity index (χ4n) is 2.59. The van der Waals surface area contributed by atoms with Crippen LogP contribution in [0.5, 0.6) is 0 Å². The normalized spacial score (nSPS) is 12.7. The molecule has 1 nitrogen and oxygen atoms in total. The summed E-state index contributed by atoms with van der Waals surface area (Å²) in [6.45, 7) is 4.09. The number of hydrogen-bond donors (Lipinski definition) is 0. The van der Waals surface area contributed by atoms with Gasteiger partial charge >= 0.3 is 0 Å². The molecule has 3 aromatic rings. The van der Waals surface area contributed by atoms with Crippen molar-refractivity contribution in [2.75, 3.05) is 0 Å². The fraction of sp³-hybridized carbons (Fsp3) is 0.130. The lowest BCUT2D eigenvalue weighted by atomic mass is 10.0. The topological polar surface area (TPSA) is 17.1 Å². The van der Waals surface area contributed by atoms with Crippen LogP contribution in [0.25, 0.3) is 0 Å². The zero-order valence-corrected chi connectivity index (χ0v) is 15.2. The lowest BCUT2D eigenvalue weighted by Gasteiger charge is -2.12. The predicted molar refractivity (Wildman–Crippen MR) is 104 cm³/mol. The van der Waals surface area contributed by atoms with Crippen LogP contribution < -0.4 is 0 Å². The summed E-state index contributed by atoms with van der Waals surface area (Å²) >= 11 is 0. The van der Waals surface area contributed by atoms with E-state index in [4.69, 9.17) is 0 Å². The van der Waals surface area contributed by atoms with Gasteiger partial charge in [-0.2, -0.15) is 0 Å². The molecule has 0 aliphatic rings. The van der Waals surface area contributed by atoms with Gasteiger partial charge in [-0.1, -0.05) is 65.9 Å². The van der Waals surface area contributed by atoms with Crippen LogP contribution in [0.4, 0.5) is 0 Å². The summed E-state index contributed by atoms with van der Waals surface area (Å²) in [5.74, 6) is 6.50. The van der Waals surface area contributed by atoms with Gasteiger partial charge in [0.2, 0.25) is 0 Å². The van der Waals surface area contributed by atoms with Gasteiger partial charge in [0.25, 0.3) is 0 Å². The van der Waals surface area contributed by atoms with Gasteiger partial charge in [0.05, 0.1) is 10.8 Å². The highest BCUT2D eigenvalue weighted by molar-refractivity contribution is 7.85. The molecule has 0 aliphatic carbocycles. The third kappa shape index (κ3) is 4.26. The molecule has 2 heteroatoms. The smallest absolute Gasteiger partial charge is 0.0852 e. The van der Waals surface area contributed by atoms with Crippen LogP contribution in [0.15, 0.2) is 88.7 Å². The molecule has 0 radical (unpaired) electrons. The van der Waals surface area contributed by atoms with E-state index in [1.807, 2.05) is 85.8 Å². The van der Waals surface area contributed by atoms with Crippen LogP contribution in [0.3, 0.4) is 0 Å². The van der Waals surface area contributed by atoms with E-state index in [-0.39, 0.29) is 5.92 Å². The molecule has 3 aromatic carbocycles. The first-order chi connectivity index (χ1) is 12.1. The van der Waals surface area contributed by atoms with Gasteiger partial charge in [0, 0.05) is 21.3 Å². The molecular formula is C23H20OS. The Labute approximate surface area is 152 Å². The first-order valence-electron chi connectivity index (χ1n) is 8.29. The standard InChI is InChI=1S/C23H20OS/c1-18-12-16-21(17-13-18)25(24)23-11-7-6-10-22(23)19(2)14-15-20-8-4-3-5-9-20/h3-13,16-17,19H,1-2H3/t19-,25?/m1/s1. The summed E-state index contributed by atoms with van der Waals surface area (Å²) < 4.78 is 13.0. The SMILES string of the molecule is Cc1ccc(S(=O)c2ccccc2[C@H](C)C#Cc2ccccc2)cc1. The van der Waals surface area contributed by atoms with Gasteiger partial charge in [-0.25, -0.2) is 4.21 Å². The zero-order chi connectivity index (χ0) is 17.6. The summed E-state index contributed by atoms with van der Waals surface area (Å²) in [6, 6.07) is 25.7. The van der Waals surface area contributed by atoms with Crippen molar-refractivity contribution in [2.24, 2.45) is 0 Å². The second-order valence-electron chi connectivity index (χ2n) is 5.98. The monoisotopic (exact) mass is 344 g/mol. The van der Waals surface area contributed by atoms with Crippen LogP contribution in [0.2, 0.25) is 0 Å². The highest BCUT2D eigenvalue weighted by Gasteiger charge is 2.15. The van der Waals surface area contributed by atoms with E-state index in [0.29, 0.717) is 0 Å². The van der Waals surface area contributed by atoms with Gasteiger partial charge < -0.3 is 0 Å². The van der Waals surface area contributed by atoms with Crippen molar-refractivity contribution in [2.45, 2.75) is 29.6 Å². The van der Waals surface area contributed by atoms with Gasteiger partial charge in [-0.15, -0.1) is 0 Å². The van der Waals surface area contributed by atoms with Gasteiger partial charge in [-0.05, 0) is 49.7 Å². The van der Waals surface area contributed by atoms with Crippen LogP contribution >= 0.6 is 0 Å². The molecule has 2 atom stereocenters. The van der Waals surface area contributed by atoms with Crippen LogP contribution in [0.1, 0.15) is 29.5 Å². The third-order valence-electron chi connectivity index (χ3n) is 4.03. The molecule has 25 heavy (non-hydrogen) atoms. The van der Waals surface area contributed by atoms with E-state index < -0.39 is 10.8 Å². The summed E-state index contributed by atoms with van der Waals surface area (Å²) in [4.78, 5) is 1.66. The zero-order valence-electron chi connectivity index (χ0n) is 14.4. The van der Waals surface area contributed by atoms with Crippen LogP contribution in [0, 0.1) is 18.8 Å². The molecule has 0 amide bonds. The Morgan fingerprint density at radius 2 is 1.48 bits per heavy atom. The highest BCUT2D eigenvalue weighted by Crippen LogP contribution is 2.26. The van der Waals surface area contributed by atoms with Crippen molar-refractivity contribution in [1.29, 1.82) is 0 Å². The molecule has 0 spiro atoms. The number of hydrogen-bond acceptors (Lipinski definition) is 1. The minimum absolute atomic E-state index is 0.00537. The Morgan fingerprint density at radius 3 is 2.20 bits per heavy atom. The minimum Gasteiger partial charge on any atom is -0.249 e. The second-order valence-corrected chi connectivity index (χ2v) is 7.43. The van der Waals surface area contributed by atoms with E-state index in [1.165, 1.54) is 0 Å².